The molecular weight excluding hydrogens is 237 g/mol. The van der Waals surface area contributed by atoms with Gasteiger partial charge in [-0.2, -0.15) is 0 Å². The van der Waals surface area contributed by atoms with Crippen molar-refractivity contribution >= 4 is 27.4 Å². The third-order valence-electron chi connectivity index (χ3n) is 1.81. The summed E-state index contributed by atoms with van der Waals surface area (Å²) in [5, 5.41) is 0. The number of nitrogens with two attached hydrogens (primary N) is 1. The topological polar surface area (TPSA) is 43.1 Å². The highest BCUT2D eigenvalue weighted by molar-refractivity contribution is 9.10. The molecule has 70 valence electrons. The molecule has 0 aliphatic carbocycles. The van der Waals surface area contributed by atoms with Crippen LogP contribution in [0.5, 0.6) is 0 Å². The van der Waals surface area contributed by atoms with Gasteiger partial charge in [0.1, 0.15) is 0 Å². The Morgan fingerprint density at radius 2 is 2.15 bits per heavy atom. The Kier molecular flexibility index (Phi) is 2.71. The molecule has 0 heterocycles. The van der Waals surface area contributed by atoms with E-state index in [1.165, 1.54) is 6.92 Å². The third kappa shape index (κ3) is 1.72. The van der Waals surface area contributed by atoms with Crippen LogP contribution in [0.2, 0.25) is 0 Å². The molecule has 0 unspecified atom stereocenters. The van der Waals surface area contributed by atoms with Gasteiger partial charge in [0.05, 0.1) is 10.2 Å². The van der Waals surface area contributed by atoms with Crippen molar-refractivity contribution in [3.8, 4) is 0 Å². The number of nitrogen functional groups attached to an aromatic ring is 1. The molecule has 1 aromatic carbocycles. The van der Waals surface area contributed by atoms with E-state index in [4.69, 9.17) is 5.73 Å². The lowest BCUT2D eigenvalue weighted by Gasteiger charge is -2.07. The van der Waals surface area contributed by atoms with Gasteiger partial charge in [-0.3, -0.25) is 4.79 Å². The number of carbonyl (C=O) groups excluding carboxylic acids is 1. The van der Waals surface area contributed by atoms with Gasteiger partial charge in [-0.05, 0) is 41.4 Å². The standard InChI is InChI=1S/C9H9BrFNO/c1-4-3-6(5(2)13)9(12)8(11)7(4)10/h3H,12H2,1-2H3. The number of hydrogen-bond donors (Lipinski definition) is 1. The van der Waals surface area contributed by atoms with Crippen LogP contribution in [0.3, 0.4) is 0 Å². The van der Waals surface area contributed by atoms with Crippen molar-refractivity contribution in [2.24, 2.45) is 0 Å². The largest absolute Gasteiger partial charge is 0.396 e. The minimum atomic E-state index is -0.565. The summed E-state index contributed by atoms with van der Waals surface area (Å²) < 4.78 is 13.6. The molecule has 0 atom stereocenters. The fourth-order valence-electron chi connectivity index (χ4n) is 1.06. The number of halogens is 2. The molecule has 0 aliphatic heterocycles. The van der Waals surface area contributed by atoms with Crippen LogP contribution in [-0.4, -0.2) is 5.78 Å². The molecule has 0 saturated heterocycles. The molecule has 0 bridgehead atoms. The summed E-state index contributed by atoms with van der Waals surface area (Å²) in [7, 11) is 0. The van der Waals surface area contributed by atoms with Crippen molar-refractivity contribution in [1.82, 2.24) is 0 Å². The second kappa shape index (κ2) is 3.46. The SMILES string of the molecule is CC(=O)c1cc(C)c(Br)c(F)c1N. The molecule has 0 saturated carbocycles. The molecule has 0 aromatic heterocycles. The lowest BCUT2D eigenvalue weighted by molar-refractivity contribution is 0.101. The Balaban J connectivity index is 3.50. The normalized spacial score (nSPS) is 10.2. The van der Waals surface area contributed by atoms with Gasteiger partial charge in [0.2, 0.25) is 0 Å². The van der Waals surface area contributed by atoms with E-state index in [9.17, 15) is 9.18 Å². The van der Waals surface area contributed by atoms with Gasteiger partial charge < -0.3 is 5.73 Å². The zero-order valence-electron chi connectivity index (χ0n) is 7.32. The lowest BCUT2D eigenvalue weighted by atomic mass is 10.1. The van der Waals surface area contributed by atoms with Crippen LogP contribution < -0.4 is 5.73 Å². The van der Waals surface area contributed by atoms with E-state index >= 15 is 0 Å². The maximum absolute atomic E-state index is 13.3. The molecule has 2 N–H and O–H groups in total. The highest BCUT2D eigenvalue weighted by Gasteiger charge is 2.14. The first-order valence-electron chi connectivity index (χ1n) is 3.70. The molecule has 1 aromatic rings. The van der Waals surface area contributed by atoms with Crippen LogP contribution in [0.15, 0.2) is 10.5 Å². The van der Waals surface area contributed by atoms with Crippen LogP contribution in [-0.2, 0) is 0 Å². The number of ketones is 1. The fourth-order valence-corrected chi connectivity index (χ4v) is 1.39. The summed E-state index contributed by atoms with van der Waals surface area (Å²) in [5.41, 5.74) is 6.23. The van der Waals surface area contributed by atoms with Crippen molar-refractivity contribution in [1.29, 1.82) is 0 Å². The minimum Gasteiger partial charge on any atom is -0.396 e. The Morgan fingerprint density at radius 3 is 2.62 bits per heavy atom. The highest BCUT2D eigenvalue weighted by atomic mass is 79.9. The van der Waals surface area contributed by atoms with Gasteiger partial charge in [-0.25, -0.2) is 4.39 Å². The van der Waals surface area contributed by atoms with Crippen molar-refractivity contribution in [2.45, 2.75) is 13.8 Å². The van der Waals surface area contributed by atoms with Crippen LogP contribution in [0.25, 0.3) is 0 Å². The van der Waals surface area contributed by atoms with E-state index in [1.807, 2.05) is 0 Å². The van der Waals surface area contributed by atoms with E-state index in [0.717, 1.165) is 0 Å². The minimum absolute atomic E-state index is 0.0926. The number of aryl methyl sites for hydroxylation is 1. The summed E-state index contributed by atoms with van der Waals surface area (Å²) in [4.78, 5) is 11.0. The van der Waals surface area contributed by atoms with E-state index in [-0.39, 0.29) is 17.0 Å². The number of hydrogen-bond acceptors (Lipinski definition) is 2. The number of anilines is 1. The second-order valence-corrected chi connectivity index (χ2v) is 3.63. The van der Waals surface area contributed by atoms with Gasteiger partial charge in [0.15, 0.2) is 11.6 Å². The van der Waals surface area contributed by atoms with Gasteiger partial charge >= 0.3 is 0 Å². The predicted octanol–water partition coefficient (Wildman–Crippen LogP) is 2.68. The Hall–Kier alpha value is -0.900. The molecule has 0 aliphatic rings. The summed E-state index contributed by atoms with van der Waals surface area (Å²) in [6.45, 7) is 3.07. The lowest BCUT2D eigenvalue weighted by Crippen LogP contribution is -2.04. The molecule has 1 rings (SSSR count). The van der Waals surface area contributed by atoms with Crippen LogP contribution in [0.4, 0.5) is 10.1 Å². The van der Waals surface area contributed by atoms with Crippen molar-refractivity contribution in [2.75, 3.05) is 5.73 Å². The maximum atomic E-state index is 13.3. The number of Topliss-reactive ketones (excluding diaryl/α,β-unsaturated/α-hetero) is 1. The first kappa shape index (κ1) is 10.2. The zero-order chi connectivity index (χ0) is 10.2. The highest BCUT2D eigenvalue weighted by Crippen LogP contribution is 2.28. The smallest absolute Gasteiger partial charge is 0.161 e. The monoisotopic (exact) mass is 245 g/mol. The first-order valence-corrected chi connectivity index (χ1v) is 4.49. The van der Waals surface area contributed by atoms with Gasteiger partial charge in [0.25, 0.3) is 0 Å². The average molecular weight is 246 g/mol. The van der Waals surface area contributed by atoms with Crippen molar-refractivity contribution in [3.05, 3.63) is 27.5 Å². The van der Waals surface area contributed by atoms with Crippen LogP contribution >= 0.6 is 15.9 Å². The number of carbonyl (C=O) groups is 1. The second-order valence-electron chi connectivity index (χ2n) is 2.84. The average Bonchev–Trinajstić information content (AvgIpc) is 2.07. The fraction of sp³-hybridized carbons (Fsp3) is 0.222. The van der Waals surface area contributed by atoms with Gasteiger partial charge in [-0.1, -0.05) is 0 Å². The quantitative estimate of drug-likeness (QED) is 0.611. The maximum Gasteiger partial charge on any atom is 0.161 e. The Morgan fingerprint density at radius 1 is 1.62 bits per heavy atom. The molecular formula is C9H9BrFNO. The molecule has 0 radical (unpaired) electrons. The molecule has 0 fully saturated rings. The Bertz CT molecular complexity index is 376. The summed E-state index contributed by atoms with van der Waals surface area (Å²) >= 11 is 3.05. The third-order valence-corrected chi connectivity index (χ3v) is 2.78. The van der Waals surface area contributed by atoms with Gasteiger partial charge in [0, 0.05) is 5.56 Å². The molecule has 2 nitrogen and oxygen atoms in total. The summed E-state index contributed by atoms with van der Waals surface area (Å²) in [6, 6.07) is 1.57. The number of benzene rings is 1. The van der Waals surface area contributed by atoms with E-state index in [0.29, 0.717) is 10.0 Å². The van der Waals surface area contributed by atoms with E-state index in [2.05, 4.69) is 15.9 Å². The van der Waals surface area contributed by atoms with Crippen molar-refractivity contribution < 1.29 is 9.18 Å². The molecule has 0 spiro atoms. The van der Waals surface area contributed by atoms with Crippen molar-refractivity contribution in [3.63, 3.8) is 0 Å². The zero-order valence-corrected chi connectivity index (χ0v) is 8.90. The molecule has 0 amide bonds. The van der Waals surface area contributed by atoms with E-state index in [1.54, 1.807) is 13.0 Å². The molecule has 4 heteroatoms. The summed E-state index contributed by atoms with van der Waals surface area (Å²) in [5.74, 6) is -0.794. The van der Waals surface area contributed by atoms with Crippen LogP contribution in [0.1, 0.15) is 22.8 Å². The van der Waals surface area contributed by atoms with Crippen LogP contribution in [0, 0.1) is 12.7 Å². The number of rotatable bonds is 1. The van der Waals surface area contributed by atoms with E-state index < -0.39 is 5.82 Å². The van der Waals surface area contributed by atoms with Gasteiger partial charge in [-0.15, -0.1) is 0 Å². The molecule has 13 heavy (non-hydrogen) atoms. The predicted molar refractivity (Wildman–Crippen MR) is 53.3 cm³/mol. The first-order chi connectivity index (χ1) is 5.95. The Labute approximate surface area is 84.1 Å². The summed E-state index contributed by atoms with van der Waals surface area (Å²) in [6.07, 6.45) is 0.